The maximum atomic E-state index is 13.6. The van der Waals surface area contributed by atoms with Crippen molar-refractivity contribution in [1.82, 2.24) is 15.5 Å². The van der Waals surface area contributed by atoms with Gasteiger partial charge in [-0.1, -0.05) is 12.1 Å². The van der Waals surface area contributed by atoms with Gasteiger partial charge in [0.15, 0.2) is 11.6 Å². The van der Waals surface area contributed by atoms with E-state index in [1.54, 1.807) is 12.1 Å². The normalized spacial score (nSPS) is 10.7. The summed E-state index contributed by atoms with van der Waals surface area (Å²) in [5.74, 6) is -2.91. The topological polar surface area (TPSA) is 68.0 Å². The van der Waals surface area contributed by atoms with Crippen molar-refractivity contribution in [2.75, 3.05) is 6.54 Å². The zero-order valence-electron chi connectivity index (χ0n) is 12.8. The molecule has 0 saturated heterocycles. The van der Waals surface area contributed by atoms with Crippen LogP contribution >= 0.6 is 0 Å². The van der Waals surface area contributed by atoms with Crippen LogP contribution < -0.4 is 5.32 Å². The number of hydrogen-bond acceptors (Lipinski definition) is 4. The highest BCUT2D eigenvalue weighted by Crippen LogP contribution is 2.20. The number of carbonyl (C=O) groups is 1. The molecule has 0 atom stereocenters. The zero-order chi connectivity index (χ0) is 17.8. The van der Waals surface area contributed by atoms with E-state index in [-0.39, 0.29) is 35.9 Å². The quantitative estimate of drug-likeness (QED) is 0.770. The van der Waals surface area contributed by atoms with Crippen LogP contribution in [0.4, 0.5) is 13.2 Å². The van der Waals surface area contributed by atoms with Crippen molar-refractivity contribution in [3.05, 3.63) is 71.4 Å². The number of amides is 1. The van der Waals surface area contributed by atoms with Gasteiger partial charge in [-0.3, -0.25) is 4.79 Å². The van der Waals surface area contributed by atoms with Crippen molar-refractivity contribution in [3.8, 4) is 11.5 Å². The summed E-state index contributed by atoms with van der Waals surface area (Å²) >= 11 is 0. The highest BCUT2D eigenvalue weighted by atomic mass is 19.2. The van der Waals surface area contributed by atoms with Crippen LogP contribution in [-0.2, 0) is 6.42 Å². The molecular formula is C17H12F3N3O2. The third kappa shape index (κ3) is 3.85. The molecule has 5 nitrogen and oxygen atoms in total. The van der Waals surface area contributed by atoms with E-state index in [2.05, 4.69) is 15.5 Å². The van der Waals surface area contributed by atoms with E-state index in [9.17, 15) is 18.0 Å². The second-order valence-corrected chi connectivity index (χ2v) is 5.12. The first-order valence-electron chi connectivity index (χ1n) is 7.35. The molecule has 3 aromatic rings. The van der Waals surface area contributed by atoms with Crippen LogP contribution in [0.1, 0.15) is 16.2 Å². The molecule has 1 N–H and O–H groups in total. The highest BCUT2D eigenvalue weighted by molar-refractivity contribution is 5.94. The Morgan fingerprint density at radius 3 is 2.56 bits per heavy atom. The van der Waals surface area contributed by atoms with Gasteiger partial charge in [0.25, 0.3) is 11.8 Å². The summed E-state index contributed by atoms with van der Waals surface area (Å²) in [5, 5.41) is 10.1. The number of aromatic nitrogens is 2. The van der Waals surface area contributed by atoms with Gasteiger partial charge in [0, 0.05) is 18.5 Å². The summed E-state index contributed by atoms with van der Waals surface area (Å²) in [7, 11) is 0. The lowest BCUT2D eigenvalue weighted by Gasteiger charge is -2.04. The number of halogens is 3. The van der Waals surface area contributed by atoms with E-state index in [0.717, 1.165) is 12.1 Å². The molecule has 0 bridgehead atoms. The fourth-order valence-corrected chi connectivity index (χ4v) is 2.12. The van der Waals surface area contributed by atoms with Gasteiger partial charge in [-0.15, -0.1) is 10.2 Å². The largest absolute Gasteiger partial charge is 0.421 e. The van der Waals surface area contributed by atoms with Gasteiger partial charge in [0.05, 0.1) is 5.56 Å². The monoisotopic (exact) mass is 347 g/mol. The number of hydrogen-bond donors (Lipinski definition) is 1. The molecule has 0 fully saturated rings. The summed E-state index contributed by atoms with van der Waals surface area (Å²) in [4.78, 5) is 11.9. The summed E-state index contributed by atoms with van der Waals surface area (Å²) < 4.78 is 44.9. The van der Waals surface area contributed by atoms with Crippen molar-refractivity contribution in [3.63, 3.8) is 0 Å². The second kappa shape index (κ2) is 7.16. The third-order valence-corrected chi connectivity index (χ3v) is 3.38. The highest BCUT2D eigenvalue weighted by Gasteiger charge is 2.13. The second-order valence-electron chi connectivity index (χ2n) is 5.12. The Hall–Kier alpha value is -3.16. The minimum atomic E-state index is -1.10. The lowest BCUT2D eigenvalue weighted by molar-refractivity contribution is 0.0953. The number of nitrogens with one attached hydrogen (secondary N) is 1. The minimum absolute atomic E-state index is 0.00326. The summed E-state index contributed by atoms with van der Waals surface area (Å²) in [6.07, 6.45) is 0.205. The third-order valence-electron chi connectivity index (χ3n) is 3.38. The van der Waals surface area contributed by atoms with Gasteiger partial charge in [-0.2, -0.15) is 0 Å². The standard InChI is InChI=1S/C17H12F3N3O2/c18-12-4-2-1-3-11(12)17-23-22-15(25-17)7-8-21-16(24)10-5-6-13(19)14(20)9-10/h1-6,9H,7-8H2,(H,21,24). The molecule has 0 aliphatic carbocycles. The molecule has 1 amide bonds. The molecule has 0 saturated carbocycles. The van der Waals surface area contributed by atoms with Crippen LogP contribution in [-0.4, -0.2) is 22.6 Å². The molecule has 1 aromatic heterocycles. The predicted molar refractivity (Wildman–Crippen MR) is 82.1 cm³/mol. The van der Waals surface area contributed by atoms with E-state index in [1.807, 2.05) is 0 Å². The summed E-state index contributed by atoms with van der Waals surface area (Å²) in [6, 6.07) is 8.85. The van der Waals surface area contributed by atoms with Crippen molar-refractivity contribution < 1.29 is 22.4 Å². The molecule has 0 aliphatic heterocycles. The predicted octanol–water partition coefficient (Wildman–Crippen LogP) is 3.13. The molecule has 3 rings (SSSR count). The Kier molecular flexibility index (Phi) is 4.78. The maximum absolute atomic E-state index is 13.6. The summed E-state index contributed by atoms with van der Waals surface area (Å²) in [5.41, 5.74) is 0.184. The van der Waals surface area contributed by atoms with E-state index in [4.69, 9.17) is 4.42 Å². The lowest BCUT2D eigenvalue weighted by Crippen LogP contribution is -2.25. The first kappa shape index (κ1) is 16.7. The first-order chi connectivity index (χ1) is 12.0. The van der Waals surface area contributed by atoms with Crippen LogP contribution in [0.15, 0.2) is 46.9 Å². The van der Waals surface area contributed by atoms with Gasteiger partial charge in [0.1, 0.15) is 5.82 Å². The molecule has 0 spiro atoms. The first-order valence-corrected chi connectivity index (χ1v) is 7.35. The van der Waals surface area contributed by atoms with Crippen LogP contribution in [0.5, 0.6) is 0 Å². The van der Waals surface area contributed by atoms with Gasteiger partial charge >= 0.3 is 0 Å². The Morgan fingerprint density at radius 2 is 1.80 bits per heavy atom. The number of rotatable bonds is 5. The summed E-state index contributed by atoms with van der Waals surface area (Å²) in [6.45, 7) is 0.136. The fourth-order valence-electron chi connectivity index (χ4n) is 2.12. The lowest BCUT2D eigenvalue weighted by atomic mass is 10.2. The molecule has 128 valence electrons. The molecule has 8 heteroatoms. The van der Waals surface area contributed by atoms with Gasteiger partial charge in [-0.05, 0) is 30.3 Å². The van der Waals surface area contributed by atoms with Crippen molar-refractivity contribution in [2.45, 2.75) is 6.42 Å². The molecular weight excluding hydrogens is 335 g/mol. The fraction of sp³-hybridized carbons (Fsp3) is 0.118. The van der Waals surface area contributed by atoms with E-state index < -0.39 is 23.4 Å². The molecule has 2 aromatic carbocycles. The van der Waals surface area contributed by atoms with Crippen molar-refractivity contribution in [1.29, 1.82) is 0 Å². The van der Waals surface area contributed by atoms with Gasteiger partial charge in [-0.25, -0.2) is 13.2 Å². The Bertz CT molecular complexity index is 912. The average molecular weight is 347 g/mol. The number of benzene rings is 2. The molecule has 25 heavy (non-hydrogen) atoms. The number of nitrogens with zero attached hydrogens (tertiary/aromatic N) is 2. The molecule has 1 heterocycles. The SMILES string of the molecule is O=C(NCCc1nnc(-c2ccccc2F)o1)c1ccc(F)c(F)c1. The maximum Gasteiger partial charge on any atom is 0.251 e. The Labute approximate surface area is 140 Å². The van der Waals surface area contributed by atoms with Crippen molar-refractivity contribution in [2.24, 2.45) is 0 Å². The van der Waals surface area contributed by atoms with E-state index >= 15 is 0 Å². The average Bonchev–Trinajstić information content (AvgIpc) is 3.06. The van der Waals surface area contributed by atoms with Gasteiger partial charge in [0.2, 0.25) is 5.89 Å². The smallest absolute Gasteiger partial charge is 0.251 e. The van der Waals surface area contributed by atoms with E-state index in [1.165, 1.54) is 18.2 Å². The molecule has 0 unspecified atom stereocenters. The van der Waals surface area contributed by atoms with Crippen LogP contribution in [0.2, 0.25) is 0 Å². The molecule has 0 radical (unpaired) electrons. The van der Waals surface area contributed by atoms with Crippen LogP contribution in [0.3, 0.4) is 0 Å². The van der Waals surface area contributed by atoms with Crippen molar-refractivity contribution >= 4 is 5.91 Å². The minimum Gasteiger partial charge on any atom is -0.421 e. The zero-order valence-corrected chi connectivity index (χ0v) is 12.8. The van der Waals surface area contributed by atoms with Crippen LogP contribution in [0.25, 0.3) is 11.5 Å². The Balaban J connectivity index is 1.58. The Morgan fingerprint density at radius 1 is 1.00 bits per heavy atom. The van der Waals surface area contributed by atoms with Gasteiger partial charge < -0.3 is 9.73 Å². The van der Waals surface area contributed by atoms with Crippen LogP contribution in [0, 0.1) is 17.5 Å². The van der Waals surface area contributed by atoms with E-state index in [0.29, 0.717) is 0 Å². The molecule has 0 aliphatic rings. The number of carbonyl (C=O) groups excluding carboxylic acids is 1.